The number of urea groups is 1. The number of amides is 5. The maximum Gasteiger partial charge on any atom is 0.339 e. The van der Waals surface area contributed by atoms with E-state index in [1.807, 2.05) is 20.8 Å². The topological polar surface area (TPSA) is 105 Å². The number of ether oxygens (including phenoxy) is 2. The standard InChI is InChI=1S/C24H35N3O6/c1-5-8-9-10-17(4)25-21(28)16-26-22(29)23(30)27(24(26)31)18-11-12-19(32-13-6-2)20(15-18)33-14-7-3/h11-12,15,17H,5-10,13-14,16H2,1-4H3,(H,25,28). The Labute approximate surface area is 195 Å². The number of benzene rings is 1. The van der Waals surface area contributed by atoms with Gasteiger partial charge in [-0.05, 0) is 38.3 Å². The SMILES string of the molecule is CCCCCC(C)NC(=O)CN1C(=O)C(=O)N(c2ccc(OCCC)c(OCCC)c2)C1=O. The summed E-state index contributed by atoms with van der Waals surface area (Å²) in [5.74, 6) is -1.64. The van der Waals surface area contributed by atoms with E-state index in [1.54, 1.807) is 6.07 Å². The Kier molecular flexibility index (Phi) is 10.2. The van der Waals surface area contributed by atoms with Crippen molar-refractivity contribution in [3.8, 4) is 11.5 Å². The number of carbonyl (C=O) groups excluding carboxylic acids is 4. The first kappa shape index (κ1) is 26.2. The lowest BCUT2D eigenvalue weighted by atomic mass is 10.1. The average molecular weight is 462 g/mol. The number of carbonyl (C=O) groups is 4. The summed E-state index contributed by atoms with van der Waals surface area (Å²) in [4.78, 5) is 51.8. The van der Waals surface area contributed by atoms with Crippen LogP contribution >= 0.6 is 0 Å². The van der Waals surface area contributed by atoms with Gasteiger partial charge in [-0.15, -0.1) is 0 Å². The second-order valence-electron chi connectivity index (χ2n) is 8.11. The van der Waals surface area contributed by atoms with E-state index in [1.165, 1.54) is 12.1 Å². The number of nitrogens with one attached hydrogen (secondary N) is 1. The van der Waals surface area contributed by atoms with Crippen molar-refractivity contribution in [3.05, 3.63) is 18.2 Å². The first-order chi connectivity index (χ1) is 15.8. The summed E-state index contributed by atoms with van der Waals surface area (Å²) in [6.07, 6.45) is 5.50. The quantitative estimate of drug-likeness (QED) is 0.258. The molecule has 2 rings (SSSR count). The Morgan fingerprint density at radius 2 is 1.61 bits per heavy atom. The summed E-state index contributed by atoms with van der Waals surface area (Å²) < 4.78 is 11.4. The van der Waals surface area contributed by atoms with Gasteiger partial charge in [-0.2, -0.15) is 0 Å². The second-order valence-corrected chi connectivity index (χ2v) is 8.11. The molecule has 1 fully saturated rings. The molecule has 1 saturated heterocycles. The Bertz CT molecular complexity index is 857. The van der Waals surface area contributed by atoms with Gasteiger partial charge in [0.2, 0.25) is 5.91 Å². The fraction of sp³-hybridized carbons (Fsp3) is 0.583. The van der Waals surface area contributed by atoms with Crippen molar-refractivity contribution in [2.75, 3.05) is 24.7 Å². The number of nitrogens with zero attached hydrogens (tertiary/aromatic N) is 2. The lowest BCUT2D eigenvalue weighted by molar-refractivity contribution is -0.140. The van der Waals surface area contributed by atoms with Crippen molar-refractivity contribution in [3.63, 3.8) is 0 Å². The smallest absolute Gasteiger partial charge is 0.339 e. The van der Waals surface area contributed by atoms with Gasteiger partial charge in [0.15, 0.2) is 11.5 Å². The molecule has 33 heavy (non-hydrogen) atoms. The highest BCUT2D eigenvalue weighted by Crippen LogP contribution is 2.34. The molecule has 0 aliphatic carbocycles. The summed E-state index contributed by atoms with van der Waals surface area (Å²) in [7, 11) is 0. The van der Waals surface area contributed by atoms with Gasteiger partial charge in [0.1, 0.15) is 6.54 Å². The molecule has 9 nitrogen and oxygen atoms in total. The molecule has 0 aromatic heterocycles. The van der Waals surface area contributed by atoms with Crippen LogP contribution in [-0.4, -0.2) is 54.5 Å². The third kappa shape index (κ3) is 6.94. The van der Waals surface area contributed by atoms with Crippen LogP contribution in [-0.2, 0) is 14.4 Å². The van der Waals surface area contributed by atoms with Gasteiger partial charge >= 0.3 is 17.8 Å². The highest BCUT2D eigenvalue weighted by Gasteiger charge is 2.46. The van der Waals surface area contributed by atoms with Crippen LogP contribution < -0.4 is 19.7 Å². The normalized spacial score (nSPS) is 14.6. The lowest BCUT2D eigenvalue weighted by Crippen LogP contribution is -2.44. The van der Waals surface area contributed by atoms with Crippen LogP contribution in [0.25, 0.3) is 0 Å². The second kappa shape index (κ2) is 12.8. The molecule has 1 heterocycles. The molecule has 5 amide bonds. The monoisotopic (exact) mass is 461 g/mol. The molecular weight excluding hydrogens is 426 g/mol. The molecule has 1 aliphatic heterocycles. The third-order valence-electron chi connectivity index (χ3n) is 5.11. The molecule has 1 aliphatic rings. The van der Waals surface area contributed by atoms with Crippen LogP contribution in [0.15, 0.2) is 18.2 Å². The summed E-state index contributed by atoms with van der Waals surface area (Å²) in [6, 6.07) is 3.68. The van der Waals surface area contributed by atoms with Crippen LogP contribution in [0.3, 0.4) is 0 Å². The number of rotatable bonds is 14. The molecule has 9 heteroatoms. The zero-order valence-electron chi connectivity index (χ0n) is 20.0. The van der Waals surface area contributed by atoms with E-state index in [2.05, 4.69) is 12.2 Å². The Hall–Kier alpha value is -3.10. The zero-order chi connectivity index (χ0) is 24.4. The Morgan fingerprint density at radius 1 is 0.939 bits per heavy atom. The van der Waals surface area contributed by atoms with Gasteiger partial charge in [-0.3, -0.25) is 14.4 Å². The van der Waals surface area contributed by atoms with E-state index in [-0.39, 0.29) is 11.7 Å². The molecule has 1 aromatic rings. The maximum absolute atomic E-state index is 12.9. The molecule has 0 saturated carbocycles. The fourth-order valence-corrected chi connectivity index (χ4v) is 3.40. The summed E-state index contributed by atoms with van der Waals surface area (Å²) in [5, 5.41) is 2.78. The minimum absolute atomic E-state index is 0.0856. The Morgan fingerprint density at radius 3 is 2.24 bits per heavy atom. The summed E-state index contributed by atoms with van der Waals surface area (Å²) >= 11 is 0. The highest BCUT2D eigenvalue weighted by molar-refractivity contribution is 6.53. The molecule has 1 atom stereocenters. The minimum atomic E-state index is -1.03. The van der Waals surface area contributed by atoms with E-state index in [0.29, 0.717) is 29.6 Å². The Balaban J connectivity index is 2.14. The van der Waals surface area contributed by atoms with Gasteiger partial charge < -0.3 is 14.8 Å². The fourth-order valence-electron chi connectivity index (χ4n) is 3.40. The highest BCUT2D eigenvalue weighted by atomic mass is 16.5. The first-order valence-corrected chi connectivity index (χ1v) is 11.7. The molecular formula is C24H35N3O6. The molecule has 0 bridgehead atoms. The molecule has 182 valence electrons. The van der Waals surface area contributed by atoms with Crippen LogP contribution in [0.1, 0.15) is 66.2 Å². The van der Waals surface area contributed by atoms with Crippen molar-refractivity contribution in [2.45, 2.75) is 72.3 Å². The molecule has 1 N–H and O–H groups in total. The van der Waals surface area contributed by atoms with E-state index in [0.717, 1.165) is 43.4 Å². The van der Waals surface area contributed by atoms with Crippen LogP contribution in [0.4, 0.5) is 10.5 Å². The average Bonchev–Trinajstić information content (AvgIpc) is 2.99. The predicted molar refractivity (Wildman–Crippen MR) is 124 cm³/mol. The first-order valence-electron chi connectivity index (χ1n) is 11.7. The van der Waals surface area contributed by atoms with Crippen LogP contribution in [0.2, 0.25) is 0 Å². The molecule has 0 radical (unpaired) electrons. The van der Waals surface area contributed by atoms with Crippen molar-refractivity contribution < 1.29 is 28.7 Å². The predicted octanol–water partition coefficient (Wildman–Crippen LogP) is 3.64. The van der Waals surface area contributed by atoms with E-state index in [9.17, 15) is 19.2 Å². The molecule has 0 spiro atoms. The number of unbranched alkanes of at least 4 members (excludes halogenated alkanes) is 2. The molecule has 1 aromatic carbocycles. The van der Waals surface area contributed by atoms with Gasteiger partial charge in [-0.25, -0.2) is 14.6 Å². The van der Waals surface area contributed by atoms with Gasteiger partial charge in [0.25, 0.3) is 0 Å². The van der Waals surface area contributed by atoms with Gasteiger partial charge in [0, 0.05) is 12.1 Å². The summed E-state index contributed by atoms with van der Waals surface area (Å²) in [5.41, 5.74) is 0.184. The van der Waals surface area contributed by atoms with E-state index >= 15 is 0 Å². The number of anilines is 1. The van der Waals surface area contributed by atoms with Gasteiger partial charge in [0.05, 0.1) is 18.9 Å². The number of hydrogen-bond donors (Lipinski definition) is 1. The maximum atomic E-state index is 12.9. The number of hydrogen-bond acceptors (Lipinski definition) is 6. The number of imide groups is 2. The van der Waals surface area contributed by atoms with Crippen molar-refractivity contribution in [1.29, 1.82) is 0 Å². The molecule has 1 unspecified atom stereocenters. The van der Waals surface area contributed by atoms with Crippen LogP contribution in [0.5, 0.6) is 11.5 Å². The third-order valence-corrected chi connectivity index (χ3v) is 5.11. The van der Waals surface area contributed by atoms with Crippen molar-refractivity contribution in [2.24, 2.45) is 0 Å². The van der Waals surface area contributed by atoms with Gasteiger partial charge in [-0.1, -0.05) is 40.0 Å². The largest absolute Gasteiger partial charge is 0.490 e. The minimum Gasteiger partial charge on any atom is -0.490 e. The zero-order valence-corrected chi connectivity index (χ0v) is 20.0. The van der Waals surface area contributed by atoms with E-state index in [4.69, 9.17) is 9.47 Å². The summed E-state index contributed by atoms with van der Waals surface area (Å²) in [6.45, 7) is 8.31. The van der Waals surface area contributed by atoms with Crippen LogP contribution in [0, 0.1) is 0 Å². The van der Waals surface area contributed by atoms with Crippen molar-refractivity contribution >= 4 is 29.4 Å². The lowest BCUT2D eigenvalue weighted by Gasteiger charge is -2.19. The van der Waals surface area contributed by atoms with Crippen molar-refractivity contribution in [1.82, 2.24) is 10.2 Å². The van der Waals surface area contributed by atoms with E-state index < -0.39 is 30.3 Å².